The molecule has 1 amide bonds. The Labute approximate surface area is 162 Å². The molecule has 2 aromatic carbocycles. The van der Waals surface area contributed by atoms with E-state index in [0.717, 1.165) is 19.5 Å². The third-order valence-corrected chi connectivity index (χ3v) is 4.79. The molecule has 146 valence electrons. The van der Waals surface area contributed by atoms with Crippen LogP contribution in [-0.4, -0.2) is 50.7 Å². The number of carbonyl (C=O) groups is 1. The van der Waals surface area contributed by atoms with Crippen LogP contribution in [0.25, 0.3) is 0 Å². The first kappa shape index (κ1) is 20.8. The van der Waals surface area contributed by atoms with Crippen molar-refractivity contribution in [3.05, 3.63) is 59.7 Å². The van der Waals surface area contributed by atoms with Crippen molar-refractivity contribution < 1.29 is 14.3 Å². The smallest absolute Gasteiger partial charge is 0.255 e. The molecule has 2 aromatic rings. The number of amides is 1. The van der Waals surface area contributed by atoms with Crippen LogP contribution in [0, 0.1) is 0 Å². The van der Waals surface area contributed by atoms with Crippen LogP contribution in [-0.2, 0) is 6.42 Å². The van der Waals surface area contributed by atoms with E-state index >= 15 is 0 Å². The summed E-state index contributed by atoms with van der Waals surface area (Å²) in [6.45, 7) is 6.73. The van der Waals surface area contributed by atoms with Gasteiger partial charge in [0.25, 0.3) is 5.91 Å². The molecule has 1 atom stereocenters. The largest absolute Gasteiger partial charge is 0.493 e. The Morgan fingerprint density at radius 2 is 1.70 bits per heavy atom. The van der Waals surface area contributed by atoms with Crippen molar-refractivity contribution in [1.29, 1.82) is 0 Å². The number of benzene rings is 2. The number of ether oxygens (including phenoxy) is 2. The zero-order valence-corrected chi connectivity index (χ0v) is 16.7. The number of hydrogen-bond acceptors (Lipinski definition) is 4. The maximum Gasteiger partial charge on any atom is 0.255 e. The fourth-order valence-corrected chi connectivity index (χ4v) is 3.33. The fraction of sp³-hybridized carbons (Fsp3) is 0.409. The van der Waals surface area contributed by atoms with E-state index in [1.165, 1.54) is 5.56 Å². The van der Waals surface area contributed by atoms with Crippen molar-refractivity contribution in [3.8, 4) is 11.5 Å². The summed E-state index contributed by atoms with van der Waals surface area (Å²) in [5, 5.41) is 3.08. The highest BCUT2D eigenvalue weighted by Crippen LogP contribution is 2.30. The number of nitrogens with one attached hydrogen (secondary N) is 1. The van der Waals surface area contributed by atoms with Crippen LogP contribution in [0.3, 0.4) is 0 Å². The molecule has 0 saturated carbocycles. The first-order valence-electron chi connectivity index (χ1n) is 9.41. The van der Waals surface area contributed by atoms with Crippen LogP contribution < -0.4 is 14.8 Å². The number of nitrogens with zero attached hydrogens (tertiary/aromatic N) is 1. The van der Waals surface area contributed by atoms with Crippen LogP contribution in [0.4, 0.5) is 0 Å². The normalized spacial score (nSPS) is 11.9. The Kier molecular flexibility index (Phi) is 8.14. The van der Waals surface area contributed by atoms with Gasteiger partial charge in [0.15, 0.2) is 11.5 Å². The lowest BCUT2D eigenvalue weighted by molar-refractivity contribution is 0.0931. The number of carbonyl (C=O) groups excluding carboxylic acids is 1. The first-order valence-corrected chi connectivity index (χ1v) is 9.41. The Morgan fingerprint density at radius 1 is 1.00 bits per heavy atom. The topological polar surface area (TPSA) is 50.8 Å². The third-order valence-electron chi connectivity index (χ3n) is 4.79. The SMILES string of the molecule is CCN(CC)[C@H](CNC(=O)c1cccc(OC)c1OC)Cc1ccccc1. The highest BCUT2D eigenvalue weighted by molar-refractivity contribution is 5.97. The van der Waals surface area contributed by atoms with Crippen molar-refractivity contribution in [2.75, 3.05) is 33.9 Å². The standard InChI is InChI=1S/C22H30N2O3/c1-5-24(6-2)18(15-17-11-8-7-9-12-17)16-23-22(25)19-13-10-14-20(26-3)21(19)27-4/h7-14,18H,5-6,15-16H2,1-4H3,(H,23,25)/t18-/m0/s1. The van der Waals surface area contributed by atoms with Gasteiger partial charge in [-0.05, 0) is 37.2 Å². The van der Waals surface area contributed by atoms with Crippen molar-refractivity contribution in [3.63, 3.8) is 0 Å². The number of rotatable bonds is 10. The molecule has 27 heavy (non-hydrogen) atoms. The van der Waals surface area contributed by atoms with Crippen LogP contribution in [0.15, 0.2) is 48.5 Å². The van der Waals surface area contributed by atoms with E-state index in [0.29, 0.717) is 23.6 Å². The molecular weight excluding hydrogens is 340 g/mol. The minimum Gasteiger partial charge on any atom is -0.493 e. The molecule has 0 aliphatic carbocycles. The Balaban J connectivity index is 2.13. The summed E-state index contributed by atoms with van der Waals surface area (Å²) >= 11 is 0. The molecule has 0 spiro atoms. The molecule has 0 bridgehead atoms. The second kappa shape index (κ2) is 10.6. The van der Waals surface area contributed by atoms with Gasteiger partial charge in [-0.1, -0.05) is 50.2 Å². The summed E-state index contributed by atoms with van der Waals surface area (Å²) in [5.41, 5.74) is 1.75. The van der Waals surface area contributed by atoms with Gasteiger partial charge < -0.3 is 14.8 Å². The monoisotopic (exact) mass is 370 g/mol. The van der Waals surface area contributed by atoms with E-state index in [-0.39, 0.29) is 11.9 Å². The fourth-order valence-electron chi connectivity index (χ4n) is 3.33. The van der Waals surface area contributed by atoms with Gasteiger partial charge in [0.05, 0.1) is 19.8 Å². The van der Waals surface area contributed by atoms with Gasteiger partial charge in [-0.25, -0.2) is 0 Å². The summed E-state index contributed by atoms with van der Waals surface area (Å²) in [6.07, 6.45) is 0.887. The predicted octanol–water partition coefficient (Wildman–Crippen LogP) is 3.39. The molecule has 0 aliphatic rings. The second-order valence-electron chi connectivity index (χ2n) is 6.32. The summed E-state index contributed by atoms with van der Waals surface area (Å²) in [7, 11) is 3.11. The van der Waals surface area contributed by atoms with Crippen LogP contribution >= 0.6 is 0 Å². The van der Waals surface area contributed by atoms with Gasteiger partial charge in [0.2, 0.25) is 0 Å². The number of methoxy groups -OCH3 is 2. The van der Waals surface area contributed by atoms with Gasteiger partial charge in [-0.2, -0.15) is 0 Å². The number of para-hydroxylation sites is 1. The average Bonchev–Trinajstić information content (AvgIpc) is 2.72. The van der Waals surface area contributed by atoms with Gasteiger partial charge in [-0.3, -0.25) is 9.69 Å². The Bertz CT molecular complexity index is 715. The molecule has 1 N–H and O–H groups in total. The zero-order chi connectivity index (χ0) is 19.6. The molecule has 0 heterocycles. The highest BCUT2D eigenvalue weighted by atomic mass is 16.5. The van der Waals surface area contributed by atoms with Crippen molar-refractivity contribution in [2.45, 2.75) is 26.3 Å². The Hall–Kier alpha value is -2.53. The minimum atomic E-state index is -0.157. The van der Waals surface area contributed by atoms with Gasteiger partial charge >= 0.3 is 0 Å². The molecule has 2 rings (SSSR count). The molecule has 0 unspecified atom stereocenters. The lowest BCUT2D eigenvalue weighted by atomic mass is 10.0. The predicted molar refractivity (Wildman–Crippen MR) is 109 cm³/mol. The van der Waals surface area contributed by atoms with E-state index in [9.17, 15) is 4.79 Å². The third kappa shape index (κ3) is 5.47. The molecule has 0 saturated heterocycles. The van der Waals surface area contributed by atoms with Crippen molar-refractivity contribution >= 4 is 5.91 Å². The van der Waals surface area contributed by atoms with Crippen LogP contribution in [0.1, 0.15) is 29.8 Å². The second-order valence-corrected chi connectivity index (χ2v) is 6.32. The van der Waals surface area contributed by atoms with Crippen LogP contribution in [0.5, 0.6) is 11.5 Å². The average molecular weight is 370 g/mol. The zero-order valence-electron chi connectivity index (χ0n) is 16.7. The van der Waals surface area contributed by atoms with Crippen molar-refractivity contribution in [1.82, 2.24) is 10.2 Å². The van der Waals surface area contributed by atoms with Crippen molar-refractivity contribution in [2.24, 2.45) is 0 Å². The van der Waals surface area contributed by atoms with E-state index in [1.807, 2.05) is 18.2 Å². The van der Waals surface area contributed by atoms with Gasteiger partial charge in [0.1, 0.15) is 0 Å². The molecule has 0 aromatic heterocycles. The lowest BCUT2D eigenvalue weighted by Crippen LogP contribution is -2.45. The summed E-state index contributed by atoms with van der Waals surface area (Å²) in [4.78, 5) is 15.2. The molecular formula is C22H30N2O3. The Morgan fingerprint density at radius 3 is 2.30 bits per heavy atom. The van der Waals surface area contributed by atoms with E-state index in [2.05, 4.69) is 36.2 Å². The quantitative estimate of drug-likeness (QED) is 0.697. The number of likely N-dealkylation sites (N-methyl/N-ethyl adjacent to an activating group) is 1. The maximum absolute atomic E-state index is 12.8. The van der Waals surface area contributed by atoms with E-state index < -0.39 is 0 Å². The summed E-state index contributed by atoms with van der Waals surface area (Å²) < 4.78 is 10.7. The molecule has 5 nitrogen and oxygen atoms in total. The molecule has 0 aliphatic heterocycles. The molecule has 5 heteroatoms. The summed E-state index contributed by atoms with van der Waals surface area (Å²) in [6, 6.07) is 15.9. The maximum atomic E-state index is 12.8. The first-order chi connectivity index (χ1) is 13.1. The minimum absolute atomic E-state index is 0.157. The summed E-state index contributed by atoms with van der Waals surface area (Å²) in [5.74, 6) is 0.852. The van der Waals surface area contributed by atoms with Gasteiger partial charge in [0, 0.05) is 12.6 Å². The molecule has 0 fully saturated rings. The lowest BCUT2D eigenvalue weighted by Gasteiger charge is -2.30. The van der Waals surface area contributed by atoms with E-state index in [4.69, 9.17) is 9.47 Å². The highest BCUT2D eigenvalue weighted by Gasteiger charge is 2.20. The van der Waals surface area contributed by atoms with Crippen LogP contribution in [0.2, 0.25) is 0 Å². The molecule has 0 radical (unpaired) electrons. The van der Waals surface area contributed by atoms with E-state index in [1.54, 1.807) is 32.4 Å². The number of hydrogen-bond donors (Lipinski definition) is 1. The van der Waals surface area contributed by atoms with Gasteiger partial charge in [-0.15, -0.1) is 0 Å².